The summed E-state index contributed by atoms with van der Waals surface area (Å²) in [6, 6.07) is 17.5. The van der Waals surface area contributed by atoms with Gasteiger partial charge in [-0.05, 0) is 48.9 Å². The fourth-order valence-corrected chi connectivity index (χ4v) is 2.96. The molecule has 0 N–H and O–H groups in total. The predicted octanol–water partition coefficient (Wildman–Crippen LogP) is 4.62. The molecule has 27 heavy (non-hydrogen) atoms. The first-order valence-electron chi connectivity index (χ1n) is 8.39. The van der Waals surface area contributed by atoms with Gasteiger partial charge in [0.1, 0.15) is 11.8 Å². The monoisotopic (exact) mass is 360 g/mol. The van der Waals surface area contributed by atoms with E-state index in [9.17, 15) is 5.26 Å². The van der Waals surface area contributed by atoms with Crippen LogP contribution in [-0.2, 0) is 0 Å². The second-order valence-electron chi connectivity index (χ2n) is 5.93. The molecular formula is C22H20N2O3. The Labute approximate surface area is 158 Å². The molecule has 136 valence electrons. The van der Waals surface area contributed by atoms with Crippen LogP contribution in [0.2, 0.25) is 0 Å². The van der Waals surface area contributed by atoms with Crippen LogP contribution >= 0.6 is 0 Å². The molecule has 0 bridgehead atoms. The Morgan fingerprint density at radius 1 is 0.815 bits per heavy atom. The first-order valence-corrected chi connectivity index (χ1v) is 8.39. The average Bonchev–Trinajstić information content (AvgIpc) is 2.72. The molecular weight excluding hydrogens is 340 g/mol. The van der Waals surface area contributed by atoms with E-state index in [1.807, 2.05) is 55.5 Å². The minimum Gasteiger partial charge on any atom is -0.497 e. The normalized spacial score (nSPS) is 10.2. The summed E-state index contributed by atoms with van der Waals surface area (Å²) in [5.74, 6) is 2.05. The van der Waals surface area contributed by atoms with E-state index in [0.717, 1.165) is 28.1 Å². The predicted molar refractivity (Wildman–Crippen MR) is 104 cm³/mol. The lowest BCUT2D eigenvalue weighted by Gasteiger charge is -2.13. The Balaban J connectivity index is 2.16. The zero-order valence-corrected chi connectivity index (χ0v) is 15.7. The van der Waals surface area contributed by atoms with Gasteiger partial charge in [0.15, 0.2) is 11.5 Å². The second-order valence-corrected chi connectivity index (χ2v) is 5.93. The molecule has 0 aliphatic rings. The molecule has 0 saturated carbocycles. The third kappa shape index (κ3) is 3.56. The zero-order valence-electron chi connectivity index (χ0n) is 15.7. The van der Waals surface area contributed by atoms with Crippen LogP contribution in [0.25, 0.3) is 22.4 Å². The van der Waals surface area contributed by atoms with Crippen LogP contribution in [0, 0.1) is 18.3 Å². The van der Waals surface area contributed by atoms with Crippen molar-refractivity contribution in [2.75, 3.05) is 21.3 Å². The summed E-state index contributed by atoms with van der Waals surface area (Å²) in [6.07, 6.45) is 0. The number of methoxy groups -OCH3 is 3. The first kappa shape index (κ1) is 18.3. The molecule has 0 spiro atoms. The molecule has 0 unspecified atom stereocenters. The lowest BCUT2D eigenvalue weighted by Crippen LogP contribution is -1.97. The Morgan fingerprint density at radius 2 is 1.48 bits per heavy atom. The maximum atomic E-state index is 9.62. The fraction of sp³-hybridized carbons (Fsp3) is 0.182. The van der Waals surface area contributed by atoms with Crippen LogP contribution < -0.4 is 14.2 Å². The minimum atomic E-state index is 0.560. The van der Waals surface area contributed by atoms with E-state index in [2.05, 4.69) is 11.1 Å². The van der Waals surface area contributed by atoms with Gasteiger partial charge in [0.25, 0.3) is 0 Å². The van der Waals surface area contributed by atoms with Crippen LogP contribution in [-0.4, -0.2) is 26.3 Å². The van der Waals surface area contributed by atoms with Crippen molar-refractivity contribution >= 4 is 0 Å². The number of benzene rings is 2. The van der Waals surface area contributed by atoms with Crippen molar-refractivity contribution in [2.24, 2.45) is 0 Å². The minimum absolute atomic E-state index is 0.560. The lowest BCUT2D eigenvalue weighted by molar-refractivity contribution is 0.355. The quantitative estimate of drug-likeness (QED) is 0.664. The number of hydrogen-bond acceptors (Lipinski definition) is 5. The van der Waals surface area contributed by atoms with Crippen LogP contribution in [0.5, 0.6) is 17.2 Å². The number of pyridine rings is 1. The summed E-state index contributed by atoms with van der Waals surface area (Å²) in [6.45, 7) is 1.84. The number of nitriles is 1. The molecule has 0 aliphatic carbocycles. The summed E-state index contributed by atoms with van der Waals surface area (Å²) in [7, 11) is 4.83. The Kier molecular flexibility index (Phi) is 5.28. The van der Waals surface area contributed by atoms with Crippen molar-refractivity contribution < 1.29 is 14.2 Å². The highest BCUT2D eigenvalue weighted by molar-refractivity contribution is 5.77. The number of hydrogen-bond donors (Lipinski definition) is 0. The Hall–Kier alpha value is -3.52. The summed E-state index contributed by atoms with van der Waals surface area (Å²) in [4.78, 5) is 4.62. The molecule has 0 fully saturated rings. The molecule has 0 saturated heterocycles. The molecule has 2 aromatic carbocycles. The topological polar surface area (TPSA) is 64.4 Å². The molecule has 3 aromatic rings. The Morgan fingerprint density at radius 3 is 2.07 bits per heavy atom. The lowest BCUT2D eigenvalue weighted by atomic mass is 9.97. The molecule has 5 heteroatoms. The van der Waals surface area contributed by atoms with Crippen molar-refractivity contribution in [3.05, 3.63) is 59.8 Å². The molecule has 1 heterocycles. The van der Waals surface area contributed by atoms with Crippen molar-refractivity contribution in [2.45, 2.75) is 6.92 Å². The summed E-state index contributed by atoms with van der Waals surface area (Å²) >= 11 is 0. The zero-order chi connectivity index (χ0) is 19.4. The molecule has 0 atom stereocenters. The highest BCUT2D eigenvalue weighted by Crippen LogP contribution is 2.35. The molecule has 5 nitrogen and oxygen atoms in total. The van der Waals surface area contributed by atoms with Gasteiger partial charge in [0.2, 0.25) is 0 Å². The molecule has 0 aliphatic heterocycles. The van der Waals surface area contributed by atoms with Gasteiger partial charge < -0.3 is 14.2 Å². The highest BCUT2D eigenvalue weighted by Gasteiger charge is 2.14. The van der Waals surface area contributed by atoms with Gasteiger partial charge >= 0.3 is 0 Å². The number of aryl methyl sites for hydroxylation is 1. The van der Waals surface area contributed by atoms with Crippen molar-refractivity contribution in [1.29, 1.82) is 5.26 Å². The molecule has 1 aromatic heterocycles. The Bertz CT molecular complexity index is 1010. The van der Waals surface area contributed by atoms with Gasteiger partial charge in [0.05, 0.1) is 38.3 Å². The van der Waals surface area contributed by atoms with E-state index in [-0.39, 0.29) is 0 Å². The van der Waals surface area contributed by atoms with Gasteiger partial charge in [-0.2, -0.15) is 5.26 Å². The van der Waals surface area contributed by atoms with E-state index in [1.165, 1.54) is 0 Å². The van der Waals surface area contributed by atoms with E-state index >= 15 is 0 Å². The van der Waals surface area contributed by atoms with Crippen molar-refractivity contribution in [1.82, 2.24) is 4.98 Å². The SMILES string of the molecule is COc1ccc(-c2cc(-c3ccc(OC)c(OC)c3)nc(C)c2C#N)cc1. The fourth-order valence-electron chi connectivity index (χ4n) is 2.96. The van der Waals surface area contributed by atoms with E-state index in [1.54, 1.807) is 21.3 Å². The van der Waals surface area contributed by atoms with E-state index in [0.29, 0.717) is 22.8 Å². The van der Waals surface area contributed by atoms with Crippen molar-refractivity contribution in [3.63, 3.8) is 0 Å². The summed E-state index contributed by atoms with van der Waals surface area (Å²) < 4.78 is 15.9. The van der Waals surface area contributed by atoms with Gasteiger partial charge in [-0.25, -0.2) is 0 Å². The molecule has 0 radical (unpaired) electrons. The van der Waals surface area contributed by atoms with Crippen molar-refractivity contribution in [3.8, 4) is 45.7 Å². The largest absolute Gasteiger partial charge is 0.497 e. The number of nitrogens with zero attached hydrogens (tertiary/aromatic N) is 2. The molecule has 0 amide bonds. The second kappa shape index (κ2) is 7.79. The van der Waals surface area contributed by atoms with E-state index in [4.69, 9.17) is 14.2 Å². The van der Waals surface area contributed by atoms with Crippen LogP contribution in [0.3, 0.4) is 0 Å². The maximum absolute atomic E-state index is 9.62. The third-order valence-corrected chi connectivity index (χ3v) is 4.39. The number of rotatable bonds is 5. The smallest absolute Gasteiger partial charge is 0.161 e. The van der Waals surface area contributed by atoms with Crippen LogP contribution in [0.4, 0.5) is 0 Å². The van der Waals surface area contributed by atoms with Gasteiger partial charge in [0, 0.05) is 11.1 Å². The van der Waals surface area contributed by atoms with Gasteiger partial charge in [-0.15, -0.1) is 0 Å². The summed E-state index contributed by atoms with van der Waals surface area (Å²) in [5, 5.41) is 9.62. The standard InChI is InChI=1S/C22H20N2O3/c1-14-19(13-23)18(15-5-8-17(25-2)9-6-15)12-20(24-14)16-7-10-21(26-3)22(11-16)27-4/h5-12H,1-4H3. The van der Waals surface area contributed by atoms with Gasteiger partial charge in [-0.3, -0.25) is 4.98 Å². The number of ether oxygens (including phenoxy) is 3. The first-order chi connectivity index (χ1) is 13.1. The van der Waals surface area contributed by atoms with Crippen LogP contribution in [0.1, 0.15) is 11.3 Å². The molecule has 3 rings (SSSR count). The van der Waals surface area contributed by atoms with Gasteiger partial charge in [-0.1, -0.05) is 12.1 Å². The van der Waals surface area contributed by atoms with E-state index < -0.39 is 0 Å². The highest BCUT2D eigenvalue weighted by atomic mass is 16.5. The number of aromatic nitrogens is 1. The third-order valence-electron chi connectivity index (χ3n) is 4.39. The average molecular weight is 360 g/mol. The van der Waals surface area contributed by atoms with Crippen LogP contribution in [0.15, 0.2) is 48.5 Å². The maximum Gasteiger partial charge on any atom is 0.161 e. The summed E-state index contributed by atoms with van der Waals surface area (Å²) in [5.41, 5.74) is 4.64.